The molecule has 2 rings (SSSR count). The molecule has 0 amide bonds. The highest BCUT2D eigenvalue weighted by Crippen LogP contribution is 2.30. The summed E-state index contributed by atoms with van der Waals surface area (Å²) in [5, 5.41) is 0. The third kappa shape index (κ3) is 3.27. The molecule has 0 radical (unpaired) electrons. The van der Waals surface area contributed by atoms with Crippen LogP contribution in [0, 0.1) is 5.82 Å². The fourth-order valence-electron chi connectivity index (χ4n) is 2.28. The Morgan fingerprint density at radius 1 is 1.25 bits per heavy atom. The van der Waals surface area contributed by atoms with Crippen LogP contribution in [0.3, 0.4) is 0 Å². The largest absolute Gasteiger partial charge is 0.416 e. The van der Waals surface area contributed by atoms with Crippen LogP contribution in [-0.2, 0) is 6.18 Å². The molecule has 1 aromatic rings. The van der Waals surface area contributed by atoms with E-state index in [1.165, 1.54) is 0 Å². The van der Waals surface area contributed by atoms with Gasteiger partial charge in [-0.15, -0.1) is 0 Å². The molecular formula is C13H15F4N3. The van der Waals surface area contributed by atoms with Gasteiger partial charge < -0.3 is 5.43 Å². The van der Waals surface area contributed by atoms with Crippen LogP contribution in [0.5, 0.6) is 0 Å². The van der Waals surface area contributed by atoms with Crippen molar-refractivity contribution < 1.29 is 17.6 Å². The minimum absolute atomic E-state index is 0.0185. The Hall–Kier alpha value is -1.63. The number of halogens is 4. The molecule has 1 saturated carbocycles. The molecule has 0 aliphatic heterocycles. The summed E-state index contributed by atoms with van der Waals surface area (Å²) in [5.41, 5.74) is 1.02. The minimum Gasteiger partial charge on any atom is -0.308 e. The fraction of sp³-hybridized carbons (Fsp3) is 0.462. The summed E-state index contributed by atoms with van der Waals surface area (Å²) < 4.78 is 51.7. The van der Waals surface area contributed by atoms with Gasteiger partial charge in [0, 0.05) is 0 Å². The van der Waals surface area contributed by atoms with Crippen LogP contribution >= 0.6 is 0 Å². The standard InChI is InChI=1S/C13H15F4N3/c14-11-6-5-8(13(15,16)17)7-10(11)12(20-18)19-9-3-1-2-4-9/h5-7,9H,1-4,18H2,(H,19,20). The van der Waals surface area contributed by atoms with Crippen molar-refractivity contribution in [2.45, 2.75) is 37.9 Å². The van der Waals surface area contributed by atoms with Crippen molar-refractivity contribution in [2.24, 2.45) is 10.8 Å². The number of amidine groups is 1. The van der Waals surface area contributed by atoms with Crippen molar-refractivity contribution in [2.75, 3.05) is 0 Å². The van der Waals surface area contributed by atoms with Crippen molar-refractivity contribution >= 4 is 5.84 Å². The van der Waals surface area contributed by atoms with Gasteiger partial charge >= 0.3 is 6.18 Å². The zero-order valence-electron chi connectivity index (χ0n) is 10.7. The van der Waals surface area contributed by atoms with Crippen molar-refractivity contribution in [1.82, 2.24) is 5.43 Å². The van der Waals surface area contributed by atoms with Crippen molar-refractivity contribution in [3.8, 4) is 0 Å². The van der Waals surface area contributed by atoms with E-state index in [2.05, 4.69) is 10.4 Å². The molecule has 3 N–H and O–H groups in total. The van der Waals surface area contributed by atoms with E-state index in [1.54, 1.807) is 0 Å². The molecule has 0 heterocycles. The average Bonchev–Trinajstić information content (AvgIpc) is 2.88. The molecule has 3 nitrogen and oxygen atoms in total. The van der Waals surface area contributed by atoms with Gasteiger partial charge in [0.1, 0.15) is 11.7 Å². The lowest BCUT2D eigenvalue weighted by atomic mass is 10.1. The number of nitrogens with one attached hydrogen (secondary N) is 1. The fourth-order valence-corrected chi connectivity index (χ4v) is 2.28. The van der Waals surface area contributed by atoms with Crippen LogP contribution in [0.15, 0.2) is 23.2 Å². The summed E-state index contributed by atoms with van der Waals surface area (Å²) >= 11 is 0. The minimum atomic E-state index is -4.53. The van der Waals surface area contributed by atoms with Crippen LogP contribution in [0.1, 0.15) is 36.8 Å². The van der Waals surface area contributed by atoms with Gasteiger partial charge in [-0.25, -0.2) is 10.2 Å². The Kier molecular flexibility index (Phi) is 4.27. The van der Waals surface area contributed by atoms with Crippen LogP contribution in [0.25, 0.3) is 0 Å². The van der Waals surface area contributed by atoms with Gasteiger partial charge in [-0.1, -0.05) is 12.8 Å². The highest BCUT2D eigenvalue weighted by molar-refractivity contribution is 5.99. The maximum atomic E-state index is 13.7. The second-order valence-electron chi connectivity index (χ2n) is 4.75. The SMILES string of the molecule is NNC(=NC1CCCC1)c1cc(C(F)(F)F)ccc1F. The van der Waals surface area contributed by atoms with Crippen LogP contribution < -0.4 is 11.3 Å². The predicted molar refractivity (Wildman–Crippen MR) is 67.5 cm³/mol. The van der Waals surface area contributed by atoms with E-state index in [1.807, 2.05) is 0 Å². The molecule has 1 aliphatic carbocycles. The second kappa shape index (κ2) is 5.78. The van der Waals surface area contributed by atoms with Gasteiger partial charge in [0.05, 0.1) is 17.2 Å². The summed E-state index contributed by atoms with van der Waals surface area (Å²) in [4.78, 5) is 4.22. The number of nitrogens with two attached hydrogens (primary N) is 1. The third-order valence-corrected chi connectivity index (χ3v) is 3.32. The lowest BCUT2D eigenvalue weighted by molar-refractivity contribution is -0.137. The van der Waals surface area contributed by atoms with Crippen LogP contribution in [-0.4, -0.2) is 11.9 Å². The normalized spacial score (nSPS) is 17.6. The van der Waals surface area contributed by atoms with E-state index in [9.17, 15) is 17.6 Å². The average molecular weight is 289 g/mol. The molecule has 1 aliphatic rings. The van der Waals surface area contributed by atoms with Gasteiger partial charge in [-0.05, 0) is 31.0 Å². The summed E-state index contributed by atoms with van der Waals surface area (Å²) in [6, 6.07) is 2.18. The number of aliphatic imine (C=N–C) groups is 1. The number of nitrogens with zero attached hydrogens (tertiary/aromatic N) is 1. The third-order valence-electron chi connectivity index (χ3n) is 3.32. The zero-order valence-corrected chi connectivity index (χ0v) is 10.7. The molecule has 1 aromatic carbocycles. The first kappa shape index (κ1) is 14.8. The Labute approximate surface area is 113 Å². The lowest BCUT2D eigenvalue weighted by Gasteiger charge is -2.13. The first-order chi connectivity index (χ1) is 9.41. The number of hydrogen-bond acceptors (Lipinski definition) is 2. The quantitative estimate of drug-likeness (QED) is 0.289. The number of alkyl halides is 3. The monoisotopic (exact) mass is 289 g/mol. The van der Waals surface area contributed by atoms with Crippen LogP contribution in [0.2, 0.25) is 0 Å². The van der Waals surface area contributed by atoms with Gasteiger partial charge in [0.25, 0.3) is 0 Å². The summed E-state index contributed by atoms with van der Waals surface area (Å²) in [6.45, 7) is 0. The smallest absolute Gasteiger partial charge is 0.308 e. The van der Waals surface area contributed by atoms with E-state index in [4.69, 9.17) is 5.84 Å². The van der Waals surface area contributed by atoms with Crippen LogP contribution in [0.4, 0.5) is 17.6 Å². The van der Waals surface area contributed by atoms with Crippen molar-refractivity contribution in [3.63, 3.8) is 0 Å². The lowest BCUT2D eigenvalue weighted by Crippen LogP contribution is -2.33. The highest BCUT2D eigenvalue weighted by atomic mass is 19.4. The van der Waals surface area contributed by atoms with Gasteiger partial charge in [0.2, 0.25) is 0 Å². The Morgan fingerprint density at radius 2 is 1.90 bits per heavy atom. The van der Waals surface area contributed by atoms with Gasteiger partial charge in [-0.3, -0.25) is 4.99 Å². The Morgan fingerprint density at radius 3 is 2.45 bits per heavy atom. The zero-order chi connectivity index (χ0) is 14.8. The van der Waals surface area contributed by atoms with E-state index in [-0.39, 0.29) is 17.4 Å². The maximum Gasteiger partial charge on any atom is 0.416 e. The number of rotatable bonds is 2. The van der Waals surface area contributed by atoms with E-state index >= 15 is 0 Å². The molecule has 20 heavy (non-hydrogen) atoms. The summed E-state index contributed by atoms with van der Waals surface area (Å²) in [6.07, 6.45) is -0.832. The van der Waals surface area contributed by atoms with Crippen molar-refractivity contribution in [3.05, 3.63) is 35.1 Å². The molecule has 0 bridgehead atoms. The maximum absolute atomic E-state index is 13.7. The summed E-state index contributed by atoms with van der Waals surface area (Å²) in [7, 11) is 0. The molecule has 1 fully saturated rings. The van der Waals surface area contributed by atoms with E-state index < -0.39 is 17.6 Å². The van der Waals surface area contributed by atoms with E-state index in [0.29, 0.717) is 6.07 Å². The summed E-state index contributed by atoms with van der Waals surface area (Å²) in [5.74, 6) is 4.46. The number of benzene rings is 1. The molecule has 0 saturated heterocycles. The molecule has 0 unspecified atom stereocenters. The molecule has 0 aromatic heterocycles. The number of hydrazine groups is 1. The highest BCUT2D eigenvalue weighted by Gasteiger charge is 2.31. The molecular weight excluding hydrogens is 274 g/mol. The Bertz CT molecular complexity index is 505. The Balaban J connectivity index is 2.38. The topological polar surface area (TPSA) is 50.4 Å². The van der Waals surface area contributed by atoms with Gasteiger partial charge in [0.15, 0.2) is 0 Å². The first-order valence-electron chi connectivity index (χ1n) is 6.33. The first-order valence-corrected chi connectivity index (χ1v) is 6.33. The molecule has 7 heteroatoms. The molecule has 0 atom stereocenters. The number of hydrogen-bond donors (Lipinski definition) is 2. The molecule has 0 spiro atoms. The molecule has 110 valence electrons. The van der Waals surface area contributed by atoms with E-state index in [0.717, 1.165) is 37.8 Å². The predicted octanol–water partition coefficient (Wildman–Crippen LogP) is 3.00. The second-order valence-corrected chi connectivity index (χ2v) is 4.75. The van der Waals surface area contributed by atoms with Gasteiger partial charge in [-0.2, -0.15) is 13.2 Å². The van der Waals surface area contributed by atoms with Crippen molar-refractivity contribution in [1.29, 1.82) is 0 Å².